The Morgan fingerprint density at radius 2 is 1.89 bits per heavy atom. The molecule has 0 spiro atoms. The Balaban J connectivity index is 1.45. The van der Waals surface area contributed by atoms with E-state index in [1.807, 2.05) is 25.2 Å². The number of aryl methyl sites for hydroxylation is 2. The monoisotopic (exact) mass is 366 g/mol. The predicted molar refractivity (Wildman–Crippen MR) is 108 cm³/mol. The van der Waals surface area contributed by atoms with Crippen LogP contribution in [-0.2, 0) is 17.6 Å². The van der Waals surface area contributed by atoms with Crippen LogP contribution in [0.25, 0.3) is 0 Å². The zero-order chi connectivity index (χ0) is 18.8. The van der Waals surface area contributed by atoms with Crippen molar-refractivity contribution in [3.05, 3.63) is 53.6 Å². The number of hydrogen-bond donors (Lipinski definition) is 3. The number of urea groups is 1. The van der Waals surface area contributed by atoms with Gasteiger partial charge in [0.2, 0.25) is 0 Å². The average Bonchev–Trinajstić information content (AvgIpc) is 2.90. The SMILES string of the molecule is COC1CN(C)CC1NC(=O)Nc1ccc2c(c1)Nc1ccccc1CC2. The van der Waals surface area contributed by atoms with E-state index in [0.29, 0.717) is 0 Å². The molecule has 2 aromatic carbocycles. The lowest BCUT2D eigenvalue weighted by atomic mass is 10.0. The van der Waals surface area contributed by atoms with Gasteiger partial charge >= 0.3 is 6.03 Å². The van der Waals surface area contributed by atoms with Gasteiger partial charge in [-0.15, -0.1) is 0 Å². The Hall–Kier alpha value is -2.57. The van der Waals surface area contributed by atoms with E-state index in [9.17, 15) is 4.79 Å². The average molecular weight is 366 g/mol. The van der Waals surface area contributed by atoms with Gasteiger partial charge in [0.15, 0.2) is 0 Å². The Labute approximate surface area is 159 Å². The maximum atomic E-state index is 12.5. The lowest BCUT2D eigenvalue weighted by Crippen LogP contribution is -2.45. The molecule has 0 aromatic heterocycles. The molecule has 0 saturated carbocycles. The number of ether oxygens (including phenoxy) is 1. The lowest BCUT2D eigenvalue weighted by molar-refractivity contribution is 0.0940. The van der Waals surface area contributed by atoms with Crippen molar-refractivity contribution in [2.45, 2.75) is 25.0 Å². The number of methoxy groups -OCH3 is 1. The molecule has 2 atom stereocenters. The molecule has 2 heterocycles. The van der Waals surface area contributed by atoms with Crippen molar-refractivity contribution in [1.82, 2.24) is 10.2 Å². The maximum absolute atomic E-state index is 12.5. The van der Waals surface area contributed by atoms with Crippen LogP contribution >= 0.6 is 0 Å². The molecule has 0 bridgehead atoms. The molecule has 6 nitrogen and oxygen atoms in total. The summed E-state index contributed by atoms with van der Waals surface area (Å²) < 4.78 is 5.47. The maximum Gasteiger partial charge on any atom is 0.319 e. The molecular weight excluding hydrogens is 340 g/mol. The number of carbonyl (C=O) groups excluding carboxylic acids is 1. The van der Waals surface area contributed by atoms with Crippen molar-refractivity contribution >= 4 is 23.1 Å². The van der Waals surface area contributed by atoms with Crippen molar-refractivity contribution in [2.24, 2.45) is 0 Å². The first-order chi connectivity index (χ1) is 13.1. The van der Waals surface area contributed by atoms with Gasteiger partial charge in [-0.25, -0.2) is 4.79 Å². The zero-order valence-corrected chi connectivity index (χ0v) is 15.8. The minimum atomic E-state index is -0.202. The normalized spacial score (nSPS) is 21.6. The highest BCUT2D eigenvalue weighted by atomic mass is 16.5. The second-order valence-electron chi connectivity index (χ2n) is 7.35. The summed E-state index contributed by atoms with van der Waals surface area (Å²) in [6, 6.07) is 14.2. The second-order valence-corrected chi connectivity index (χ2v) is 7.35. The van der Waals surface area contributed by atoms with E-state index in [0.717, 1.165) is 43.0 Å². The minimum Gasteiger partial charge on any atom is -0.378 e. The number of amides is 2. The van der Waals surface area contributed by atoms with Crippen molar-refractivity contribution in [3.63, 3.8) is 0 Å². The summed E-state index contributed by atoms with van der Waals surface area (Å²) >= 11 is 0. The molecular formula is C21H26N4O2. The number of nitrogens with one attached hydrogen (secondary N) is 3. The van der Waals surface area contributed by atoms with Gasteiger partial charge < -0.3 is 25.6 Å². The van der Waals surface area contributed by atoms with Gasteiger partial charge in [0.25, 0.3) is 0 Å². The van der Waals surface area contributed by atoms with E-state index in [-0.39, 0.29) is 18.2 Å². The third-order valence-electron chi connectivity index (χ3n) is 5.39. The molecule has 1 fully saturated rings. The van der Waals surface area contributed by atoms with Crippen LogP contribution in [0.3, 0.4) is 0 Å². The molecule has 6 heteroatoms. The third kappa shape index (κ3) is 3.91. The number of nitrogens with zero attached hydrogens (tertiary/aromatic N) is 1. The first-order valence-electron chi connectivity index (χ1n) is 9.39. The van der Waals surface area contributed by atoms with E-state index < -0.39 is 0 Å². The van der Waals surface area contributed by atoms with Gasteiger partial charge in [-0.05, 0) is 49.2 Å². The number of fused-ring (bicyclic) bond motifs is 2. The first kappa shape index (κ1) is 17.8. The van der Waals surface area contributed by atoms with Gasteiger partial charge in [0.05, 0.1) is 12.1 Å². The summed E-state index contributed by atoms with van der Waals surface area (Å²) in [6.07, 6.45) is 2.01. The largest absolute Gasteiger partial charge is 0.378 e. The fourth-order valence-electron chi connectivity index (χ4n) is 3.94. The molecule has 142 valence electrons. The number of likely N-dealkylation sites (tertiary alicyclic amines) is 1. The third-order valence-corrected chi connectivity index (χ3v) is 5.39. The van der Waals surface area contributed by atoms with Crippen molar-refractivity contribution < 1.29 is 9.53 Å². The number of carbonyl (C=O) groups is 1. The molecule has 2 amide bonds. The Morgan fingerprint density at radius 3 is 2.70 bits per heavy atom. The van der Waals surface area contributed by atoms with Crippen LogP contribution in [0, 0.1) is 0 Å². The fourth-order valence-corrected chi connectivity index (χ4v) is 3.94. The summed E-state index contributed by atoms with van der Waals surface area (Å²) in [4.78, 5) is 14.6. The fraction of sp³-hybridized carbons (Fsp3) is 0.381. The van der Waals surface area contributed by atoms with Crippen LogP contribution < -0.4 is 16.0 Å². The summed E-state index contributed by atoms with van der Waals surface area (Å²) in [5.74, 6) is 0. The summed E-state index contributed by atoms with van der Waals surface area (Å²) in [6.45, 7) is 1.61. The molecule has 0 radical (unpaired) electrons. The van der Waals surface area contributed by atoms with Crippen LogP contribution in [0.1, 0.15) is 11.1 Å². The number of para-hydroxylation sites is 1. The minimum absolute atomic E-state index is 0.00849. The Kier molecular flexibility index (Phi) is 5.01. The molecule has 2 aliphatic heterocycles. The van der Waals surface area contributed by atoms with E-state index in [1.165, 1.54) is 11.1 Å². The molecule has 3 N–H and O–H groups in total. The summed E-state index contributed by atoms with van der Waals surface area (Å²) in [7, 11) is 3.72. The van der Waals surface area contributed by atoms with E-state index in [4.69, 9.17) is 4.74 Å². The van der Waals surface area contributed by atoms with Crippen LogP contribution in [-0.4, -0.2) is 50.3 Å². The molecule has 27 heavy (non-hydrogen) atoms. The quantitative estimate of drug-likeness (QED) is 0.781. The second kappa shape index (κ2) is 7.58. The van der Waals surface area contributed by atoms with Crippen LogP contribution in [0.5, 0.6) is 0 Å². The number of rotatable bonds is 3. The zero-order valence-electron chi connectivity index (χ0n) is 15.8. The lowest BCUT2D eigenvalue weighted by Gasteiger charge is -2.19. The molecule has 1 saturated heterocycles. The molecule has 2 aliphatic rings. The molecule has 0 aliphatic carbocycles. The van der Waals surface area contributed by atoms with Crippen molar-refractivity contribution in [2.75, 3.05) is 37.9 Å². The van der Waals surface area contributed by atoms with E-state index in [1.54, 1.807) is 7.11 Å². The highest BCUT2D eigenvalue weighted by Crippen LogP contribution is 2.31. The first-order valence-corrected chi connectivity index (χ1v) is 9.39. The molecule has 2 unspecified atom stereocenters. The van der Waals surface area contributed by atoms with Gasteiger partial charge in [-0.3, -0.25) is 0 Å². The standard InChI is InChI=1S/C21H26N4O2/c1-25-12-19(20(13-25)27-2)24-21(26)22-16-10-9-15-8-7-14-5-3-4-6-17(14)23-18(15)11-16/h3-6,9-11,19-20,23H,7-8,12-13H2,1-2H3,(H2,22,24,26). The van der Waals surface area contributed by atoms with Crippen LogP contribution in [0.2, 0.25) is 0 Å². The summed E-state index contributed by atoms with van der Waals surface area (Å²) in [5, 5.41) is 9.50. The Morgan fingerprint density at radius 1 is 1.11 bits per heavy atom. The predicted octanol–water partition coefficient (Wildman–Crippen LogP) is 2.98. The van der Waals surface area contributed by atoms with Crippen molar-refractivity contribution in [3.8, 4) is 0 Å². The van der Waals surface area contributed by atoms with Gasteiger partial charge in [-0.1, -0.05) is 24.3 Å². The van der Waals surface area contributed by atoms with Gasteiger partial charge in [0.1, 0.15) is 0 Å². The van der Waals surface area contributed by atoms with E-state index >= 15 is 0 Å². The van der Waals surface area contributed by atoms with Gasteiger partial charge in [-0.2, -0.15) is 0 Å². The number of benzene rings is 2. The van der Waals surface area contributed by atoms with Crippen molar-refractivity contribution in [1.29, 1.82) is 0 Å². The molecule has 4 rings (SSSR count). The highest BCUT2D eigenvalue weighted by Gasteiger charge is 2.31. The number of likely N-dealkylation sites (N-methyl/N-ethyl adjacent to an activating group) is 1. The smallest absolute Gasteiger partial charge is 0.319 e. The topological polar surface area (TPSA) is 65.6 Å². The summed E-state index contributed by atoms with van der Waals surface area (Å²) in [5.41, 5.74) is 5.53. The van der Waals surface area contributed by atoms with E-state index in [2.05, 4.69) is 45.1 Å². The highest BCUT2D eigenvalue weighted by molar-refractivity contribution is 5.90. The number of hydrogen-bond acceptors (Lipinski definition) is 4. The van der Waals surface area contributed by atoms with Crippen LogP contribution in [0.15, 0.2) is 42.5 Å². The number of anilines is 3. The van der Waals surface area contributed by atoms with Gasteiger partial charge in [0, 0.05) is 37.3 Å². The molecule has 2 aromatic rings. The Bertz CT molecular complexity index is 839. The van der Waals surface area contributed by atoms with Crippen LogP contribution in [0.4, 0.5) is 21.9 Å².